The molecule has 0 fully saturated rings. The second kappa shape index (κ2) is 3.96. The number of nitrogens with one attached hydrogen (secondary N) is 1. The van der Waals surface area contributed by atoms with Gasteiger partial charge in [-0.25, -0.2) is 4.79 Å². The first-order valence-corrected chi connectivity index (χ1v) is 3.73. The zero-order valence-electron chi connectivity index (χ0n) is 7.84. The van der Waals surface area contributed by atoms with Gasteiger partial charge in [-0.2, -0.15) is 5.26 Å². The van der Waals surface area contributed by atoms with E-state index in [1.807, 2.05) is 19.9 Å². The summed E-state index contributed by atoms with van der Waals surface area (Å²) in [6.07, 6.45) is -0.576. The van der Waals surface area contributed by atoms with Crippen LogP contribution in [0.3, 0.4) is 0 Å². The van der Waals surface area contributed by atoms with Crippen molar-refractivity contribution >= 4 is 6.09 Å². The molecular weight excluding hydrogens is 156 g/mol. The van der Waals surface area contributed by atoms with Crippen LogP contribution in [0, 0.1) is 17.2 Å². The van der Waals surface area contributed by atoms with Crippen LogP contribution in [0.25, 0.3) is 0 Å². The van der Waals surface area contributed by atoms with E-state index in [-0.39, 0.29) is 5.92 Å². The van der Waals surface area contributed by atoms with Crippen LogP contribution >= 0.6 is 0 Å². The molecule has 1 unspecified atom stereocenters. The molecule has 1 N–H and O–H groups in total. The summed E-state index contributed by atoms with van der Waals surface area (Å²) >= 11 is 0. The number of ether oxygens (including phenoxy) is 1. The summed E-state index contributed by atoms with van der Waals surface area (Å²) in [6.45, 7) is 5.38. The van der Waals surface area contributed by atoms with E-state index in [2.05, 4.69) is 10.1 Å². The second-order valence-corrected chi connectivity index (χ2v) is 3.09. The summed E-state index contributed by atoms with van der Waals surface area (Å²) in [5.41, 5.74) is -0.854. The Morgan fingerprint density at radius 1 is 1.67 bits per heavy atom. The zero-order chi connectivity index (χ0) is 9.78. The fourth-order valence-electron chi connectivity index (χ4n) is 0.564. The lowest BCUT2D eigenvalue weighted by molar-refractivity contribution is 0.157. The predicted octanol–water partition coefficient (Wildman–Crippen LogP) is 1.28. The van der Waals surface area contributed by atoms with Crippen LogP contribution in [0.2, 0.25) is 0 Å². The summed E-state index contributed by atoms with van der Waals surface area (Å²) in [6, 6.07) is 2.03. The van der Waals surface area contributed by atoms with Crippen molar-refractivity contribution in [1.29, 1.82) is 5.26 Å². The van der Waals surface area contributed by atoms with Crippen LogP contribution in [-0.2, 0) is 4.74 Å². The van der Waals surface area contributed by atoms with Crippen molar-refractivity contribution in [3.63, 3.8) is 0 Å². The normalized spacial score (nSPS) is 14.7. The maximum absolute atomic E-state index is 10.8. The minimum atomic E-state index is -0.854. The number of methoxy groups -OCH3 is 1. The highest BCUT2D eigenvalue weighted by Crippen LogP contribution is 2.14. The SMILES string of the molecule is COC(=O)NC(C)(C#N)C(C)C. The highest BCUT2D eigenvalue weighted by atomic mass is 16.5. The lowest BCUT2D eigenvalue weighted by Gasteiger charge is -2.26. The van der Waals surface area contributed by atoms with E-state index in [0.29, 0.717) is 0 Å². The van der Waals surface area contributed by atoms with Crippen molar-refractivity contribution in [2.75, 3.05) is 7.11 Å². The summed E-state index contributed by atoms with van der Waals surface area (Å²) in [4.78, 5) is 10.8. The molecule has 4 nitrogen and oxygen atoms in total. The fraction of sp³-hybridized carbons (Fsp3) is 0.750. The third kappa shape index (κ3) is 2.42. The Morgan fingerprint density at radius 2 is 2.17 bits per heavy atom. The molecule has 0 heterocycles. The van der Waals surface area contributed by atoms with Gasteiger partial charge in [-0.15, -0.1) is 0 Å². The molecule has 1 amide bonds. The van der Waals surface area contributed by atoms with E-state index in [1.54, 1.807) is 6.92 Å². The van der Waals surface area contributed by atoms with Gasteiger partial charge >= 0.3 is 6.09 Å². The van der Waals surface area contributed by atoms with Crippen LogP contribution in [0.15, 0.2) is 0 Å². The van der Waals surface area contributed by atoms with Crippen LogP contribution in [-0.4, -0.2) is 18.7 Å². The van der Waals surface area contributed by atoms with Gasteiger partial charge in [0.05, 0.1) is 13.2 Å². The van der Waals surface area contributed by atoms with Crippen molar-refractivity contribution in [1.82, 2.24) is 5.32 Å². The Hall–Kier alpha value is -1.24. The predicted molar refractivity (Wildman–Crippen MR) is 44.4 cm³/mol. The quantitative estimate of drug-likeness (QED) is 0.679. The van der Waals surface area contributed by atoms with Crippen LogP contribution in [0.4, 0.5) is 4.79 Å². The minimum absolute atomic E-state index is 0.0431. The number of alkyl carbamates (subject to hydrolysis) is 1. The molecule has 0 rings (SSSR count). The lowest BCUT2D eigenvalue weighted by atomic mass is 9.90. The van der Waals surface area contributed by atoms with Gasteiger partial charge in [0, 0.05) is 0 Å². The van der Waals surface area contributed by atoms with Crippen molar-refractivity contribution in [2.45, 2.75) is 26.3 Å². The van der Waals surface area contributed by atoms with Gasteiger partial charge < -0.3 is 10.1 Å². The second-order valence-electron chi connectivity index (χ2n) is 3.09. The summed E-state index contributed by atoms with van der Waals surface area (Å²) in [5.74, 6) is 0.0431. The summed E-state index contributed by atoms with van der Waals surface area (Å²) in [7, 11) is 1.27. The van der Waals surface area contributed by atoms with E-state index in [0.717, 1.165) is 0 Å². The zero-order valence-corrected chi connectivity index (χ0v) is 7.84. The molecule has 12 heavy (non-hydrogen) atoms. The van der Waals surface area contributed by atoms with Gasteiger partial charge in [-0.3, -0.25) is 0 Å². The number of hydrogen-bond acceptors (Lipinski definition) is 3. The average molecular weight is 170 g/mol. The topological polar surface area (TPSA) is 62.1 Å². The molecule has 0 aliphatic heterocycles. The first-order valence-electron chi connectivity index (χ1n) is 3.73. The molecule has 0 radical (unpaired) electrons. The molecule has 0 saturated carbocycles. The molecule has 68 valence electrons. The molecule has 0 aromatic heterocycles. The van der Waals surface area contributed by atoms with Crippen LogP contribution in [0.1, 0.15) is 20.8 Å². The molecule has 1 atom stereocenters. The maximum atomic E-state index is 10.8. The first kappa shape index (κ1) is 10.8. The first-order chi connectivity index (χ1) is 5.46. The number of nitriles is 1. The number of nitrogens with zero attached hydrogens (tertiary/aromatic N) is 1. The third-order valence-corrected chi connectivity index (χ3v) is 1.93. The minimum Gasteiger partial charge on any atom is -0.453 e. The Balaban J connectivity index is 4.37. The highest BCUT2D eigenvalue weighted by molar-refractivity contribution is 5.68. The lowest BCUT2D eigenvalue weighted by Crippen LogP contribution is -2.48. The molecule has 4 heteroatoms. The number of carbonyl (C=O) groups excluding carboxylic acids is 1. The van der Waals surface area contributed by atoms with E-state index >= 15 is 0 Å². The summed E-state index contributed by atoms with van der Waals surface area (Å²) < 4.78 is 4.40. The van der Waals surface area contributed by atoms with Crippen molar-refractivity contribution < 1.29 is 9.53 Å². The van der Waals surface area contributed by atoms with E-state index in [4.69, 9.17) is 5.26 Å². The van der Waals surface area contributed by atoms with Gasteiger partial charge in [0.15, 0.2) is 0 Å². The number of hydrogen-bond donors (Lipinski definition) is 1. The number of carbonyl (C=O) groups is 1. The Bertz CT molecular complexity index is 208. The largest absolute Gasteiger partial charge is 0.453 e. The smallest absolute Gasteiger partial charge is 0.408 e. The van der Waals surface area contributed by atoms with Crippen molar-refractivity contribution in [2.24, 2.45) is 5.92 Å². The van der Waals surface area contributed by atoms with Gasteiger partial charge in [0.2, 0.25) is 0 Å². The van der Waals surface area contributed by atoms with Crippen molar-refractivity contribution in [3.05, 3.63) is 0 Å². The molecular formula is C8H14N2O2. The maximum Gasteiger partial charge on any atom is 0.408 e. The molecule has 0 saturated heterocycles. The average Bonchev–Trinajstić information content (AvgIpc) is 2.03. The van der Waals surface area contributed by atoms with E-state index < -0.39 is 11.6 Å². The van der Waals surface area contributed by atoms with Gasteiger partial charge in [0.1, 0.15) is 5.54 Å². The van der Waals surface area contributed by atoms with Gasteiger partial charge in [-0.05, 0) is 12.8 Å². The molecule has 0 bridgehead atoms. The van der Waals surface area contributed by atoms with Crippen LogP contribution < -0.4 is 5.32 Å². The monoisotopic (exact) mass is 170 g/mol. The standard InChI is InChI=1S/C8H14N2O2/c1-6(2)8(3,5-9)10-7(11)12-4/h6H,1-4H3,(H,10,11). The molecule has 0 aliphatic carbocycles. The Morgan fingerprint density at radius 3 is 2.42 bits per heavy atom. The van der Waals surface area contributed by atoms with Gasteiger partial charge in [-0.1, -0.05) is 13.8 Å². The van der Waals surface area contributed by atoms with Crippen LogP contribution in [0.5, 0.6) is 0 Å². The Labute approximate surface area is 72.5 Å². The van der Waals surface area contributed by atoms with E-state index in [9.17, 15) is 4.79 Å². The van der Waals surface area contributed by atoms with Gasteiger partial charge in [0.25, 0.3) is 0 Å². The fourth-order valence-corrected chi connectivity index (χ4v) is 0.564. The van der Waals surface area contributed by atoms with E-state index in [1.165, 1.54) is 7.11 Å². The Kier molecular flexibility index (Phi) is 3.55. The van der Waals surface area contributed by atoms with Crippen molar-refractivity contribution in [3.8, 4) is 6.07 Å². The number of rotatable bonds is 2. The molecule has 0 aliphatic rings. The molecule has 0 aromatic carbocycles. The third-order valence-electron chi connectivity index (χ3n) is 1.93. The number of amides is 1. The molecule has 0 spiro atoms. The highest BCUT2D eigenvalue weighted by Gasteiger charge is 2.30. The summed E-state index contributed by atoms with van der Waals surface area (Å²) in [5, 5.41) is 11.2. The molecule has 0 aromatic rings.